The highest BCUT2D eigenvalue weighted by molar-refractivity contribution is 5.77. The predicted octanol–water partition coefficient (Wildman–Crippen LogP) is 0.596. The van der Waals surface area contributed by atoms with Gasteiger partial charge in [-0.1, -0.05) is 6.07 Å². The van der Waals surface area contributed by atoms with E-state index in [-0.39, 0.29) is 19.1 Å². The van der Waals surface area contributed by atoms with Gasteiger partial charge in [0.2, 0.25) is 0 Å². The molecule has 84 valence electrons. The number of hydrogen-bond donors (Lipinski definition) is 2. The highest BCUT2D eigenvalue weighted by Gasteiger charge is 2.04. The number of nitrogens with one attached hydrogen (secondary N) is 1. The third-order valence-electron chi connectivity index (χ3n) is 1.89. The zero-order valence-electron chi connectivity index (χ0n) is 8.99. The van der Waals surface area contributed by atoms with Crippen LogP contribution in [-0.4, -0.2) is 19.1 Å². The SMILES string of the molecule is Cc1ccc(N)c(OCC(=O)NCC#N)c1. The van der Waals surface area contributed by atoms with Gasteiger partial charge in [0.25, 0.3) is 5.91 Å². The summed E-state index contributed by atoms with van der Waals surface area (Å²) in [7, 11) is 0. The molecule has 0 unspecified atom stereocenters. The number of rotatable bonds is 4. The van der Waals surface area contributed by atoms with Gasteiger partial charge in [-0.25, -0.2) is 0 Å². The lowest BCUT2D eigenvalue weighted by atomic mass is 10.2. The first-order valence-corrected chi connectivity index (χ1v) is 4.76. The average Bonchev–Trinajstić information content (AvgIpc) is 2.27. The number of aryl methyl sites for hydroxylation is 1. The number of carbonyl (C=O) groups is 1. The second-order valence-corrected chi connectivity index (χ2v) is 3.26. The highest BCUT2D eigenvalue weighted by Crippen LogP contribution is 2.21. The van der Waals surface area contributed by atoms with Crippen molar-refractivity contribution in [3.63, 3.8) is 0 Å². The molecule has 5 nitrogen and oxygen atoms in total. The van der Waals surface area contributed by atoms with E-state index in [4.69, 9.17) is 15.7 Å². The molecule has 0 atom stereocenters. The summed E-state index contributed by atoms with van der Waals surface area (Å²) < 4.78 is 5.23. The summed E-state index contributed by atoms with van der Waals surface area (Å²) in [5.41, 5.74) is 7.15. The Balaban J connectivity index is 2.51. The molecule has 0 fully saturated rings. The molecule has 3 N–H and O–H groups in total. The van der Waals surface area contributed by atoms with E-state index in [1.54, 1.807) is 18.2 Å². The topological polar surface area (TPSA) is 88.1 Å². The molecule has 0 aliphatic carbocycles. The number of carbonyl (C=O) groups excluding carboxylic acids is 1. The van der Waals surface area contributed by atoms with Gasteiger partial charge in [-0.3, -0.25) is 4.79 Å². The smallest absolute Gasteiger partial charge is 0.258 e. The monoisotopic (exact) mass is 219 g/mol. The van der Waals surface area contributed by atoms with Crippen molar-refractivity contribution in [1.29, 1.82) is 5.26 Å². The van der Waals surface area contributed by atoms with E-state index in [2.05, 4.69) is 5.32 Å². The summed E-state index contributed by atoms with van der Waals surface area (Å²) in [6, 6.07) is 7.14. The highest BCUT2D eigenvalue weighted by atomic mass is 16.5. The zero-order chi connectivity index (χ0) is 12.0. The number of nitrogens with two attached hydrogens (primary N) is 1. The summed E-state index contributed by atoms with van der Waals surface area (Å²) in [4.78, 5) is 11.1. The molecule has 1 aromatic rings. The van der Waals surface area contributed by atoms with Gasteiger partial charge in [-0.15, -0.1) is 0 Å². The van der Waals surface area contributed by atoms with Gasteiger partial charge in [0.1, 0.15) is 12.3 Å². The van der Waals surface area contributed by atoms with Crippen molar-refractivity contribution in [2.45, 2.75) is 6.92 Å². The van der Waals surface area contributed by atoms with Crippen molar-refractivity contribution in [1.82, 2.24) is 5.32 Å². The fraction of sp³-hybridized carbons (Fsp3) is 0.273. The molecule has 1 amide bonds. The standard InChI is InChI=1S/C11H13N3O2/c1-8-2-3-9(13)10(6-8)16-7-11(15)14-5-4-12/h2-3,6H,5,7,13H2,1H3,(H,14,15). The maximum absolute atomic E-state index is 11.1. The maximum Gasteiger partial charge on any atom is 0.258 e. The molecular weight excluding hydrogens is 206 g/mol. The summed E-state index contributed by atoms with van der Waals surface area (Å²) in [6.45, 7) is 1.74. The summed E-state index contributed by atoms with van der Waals surface area (Å²) in [5.74, 6) is 0.134. The Kier molecular flexibility index (Phi) is 4.16. The first kappa shape index (κ1) is 11.9. The molecule has 0 saturated heterocycles. The van der Waals surface area contributed by atoms with Crippen LogP contribution in [0.4, 0.5) is 5.69 Å². The lowest BCUT2D eigenvalue weighted by Gasteiger charge is -2.08. The van der Waals surface area contributed by atoms with Crippen LogP contribution >= 0.6 is 0 Å². The first-order valence-electron chi connectivity index (χ1n) is 4.76. The quantitative estimate of drug-likeness (QED) is 0.573. The van der Waals surface area contributed by atoms with Crippen LogP contribution < -0.4 is 15.8 Å². The van der Waals surface area contributed by atoms with Gasteiger partial charge in [-0.05, 0) is 24.6 Å². The number of nitrogens with zero attached hydrogens (tertiary/aromatic N) is 1. The molecule has 0 spiro atoms. The molecule has 1 rings (SSSR count). The Morgan fingerprint density at radius 3 is 3.06 bits per heavy atom. The third-order valence-corrected chi connectivity index (χ3v) is 1.89. The van der Waals surface area contributed by atoms with E-state index in [1.807, 2.05) is 13.0 Å². The van der Waals surface area contributed by atoms with E-state index in [0.29, 0.717) is 11.4 Å². The number of ether oxygens (including phenoxy) is 1. The van der Waals surface area contributed by atoms with Gasteiger partial charge < -0.3 is 15.8 Å². The Morgan fingerprint density at radius 2 is 2.38 bits per heavy atom. The van der Waals surface area contributed by atoms with Crippen LogP contribution in [-0.2, 0) is 4.79 Å². The fourth-order valence-electron chi connectivity index (χ4n) is 1.10. The number of amides is 1. The van der Waals surface area contributed by atoms with Crippen molar-refractivity contribution >= 4 is 11.6 Å². The molecule has 0 saturated carbocycles. The van der Waals surface area contributed by atoms with E-state index < -0.39 is 0 Å². The molecule has 16 heavy (non-hydrogen) atoms. The van der Waals surface area contributed by atoms with Crippen LogP contribution in [0.1, 0.15) is 5.56 Å². The second kappa shape index (κ2) is 5.61. The van der Waals surface area contributed by atoms with E-state index in [0.717, 1.165) is 5.56 Å². The largest absolute Gasteiger partial charge is 0.482 e. The van der Waals surface area contributed by atoms with Crippen LogP contribution in [0, 0.1) is 18.3 Å². The number of anilines is 1. The van der Waals surface area contributed by atoms with Crippen LogP contribution in [0.2, 0.25) is 0 Å². The van der Waals surface area contributed by atoms with E-state index in [1.165, 1.54) is 0 Å². The molecule has 0 aliphatic rings. The molecule has 0 radical (unpaired) electrons. The Bertz CT molecular complexity index is 424. The minimum absolute atomic E-state index is 0.0223. The third kappa shape index (κ3) is 3.50. The van der Waals surface area contributed by atoms with Gasteiger partial charge in [0.15, 0.2) is 6.61 Å². The van der Waals surface area contributed by atoms with Crippen LogP contribution in [0.3, 0.4) is 0 Å². The lowest BCUT2D eigenvalue weighted by molar-refractivity contribution is -0.122. The van der Waals surface area contributed by atoms with Crippen LogP contribution in [0.15, 0.2) is 18.2 Å². The van der Waals surface area contributed by atoms with Gasteiger partial charge in [0.05, 0.1) is 11.8 Å². The van der Waals surface area contributed by atoms with Crippen LogP contribution in [0.25, 0.3) is 0 Å². The van der Waals surface area contributed by atoms with Crippen molar-refractivity contribution in [3.8, 4) is 11.8 Å². The number of nitrogen functional groups attached to an aromatic ring is 1. The summed E-state index contributed by atoms with van der Waals surface area (Å²) in [6.07, 6.45) is 0. The molecule has 5 heteroatoms. The molecular formula is C11H13N3O2. The lowest BCUT2D eigenvalue weighted by Crippen LogP contribution is -2.29. The molecule has 0 heterocycles. The van der Waals surface area contributed by atoms with Gasteiger partial charge in [0, 0.05) is 0 Å². The van der Waals surface area contributed by atoms with Crippen LogP contribution in [0.5, 0.6) is 5.75 Å². The number of nitriles is 1. The van der Waals surface area contributed by atoms with E-state index in [9.17, 15) is 4.79 Å². The maximum atomic E-state index is 11.1. The predicted molar refractivity (Wildman–Crippen MR) is 59.7 cm³/mol. The zero-order valence-corrected chi connectivity index (χ0v) is 8.99. The van der Waals surface area contributed by atoms with Crippen molar-refractivity contribution in [2.24, 2.45) is 0 Å². The fourth-order valence-corrected chi connectivity index (χ4v) is 1.10. The Labute approximate surface area is 93.8 Å². The minimum atomic E-state index is -0.345. The minimum Gasteiger partial charge on any atom is -0.482 e. The summed E-state index contributed by atoms with van der Waals surface area (Å²) >= 11 is 0. The second-order valence-electron chi connectivity index (χ2n) is 3.26. The van der Waals surface area contributed by atoms with E-state index >= 15 is 0 Å². The van der Waals surface area contributed by atoms with Crippen molar-refractivity contribution < 1.29 is 9.53 Å². The summed E-state index contributed by atoms with van der Waals surface area (Å²) in [5, 5.41) is 10.6. The number of hydrogen-bond acceptors (Lipinski definition) is 4. The average molecular weight is 219 g/mol. The van der Waals surface area contributed by atoms with Gasteiger partial charge in [-0.2, -0.15) is 5.26 Å². The molecule has 1 aromatic carbocycles. The van der Waals surface area contributed by atoms with Crippen molar-refractivity contribution in [2.75, 3.05) is 18.9 Å². The molecule has 0 aliphatic heterocycles. The Morgan fingerprint density at radius 1 is 1.62 bits per heavy atom. The number of benzene rings is 1. The first-order chi connectivity index (χ1) is 7.63. The van der Waals surface area contributed by atoms with Crippen molar-refractivity contribution in [3.05, 3.63) is 23.8 Å². The normalized spacial score (nSPS) is 9.25. The Hall–Kier alpha value is -2.22. The molecule has 0 bridgehead atoms. The molecule has 0 aromatic heterocycles. The van der Waals surface area contributed by atoms with Gasteiger partial charge >= 0.3 is 0 Å².